The molecule has 34 heavy (non-hydrogen) atoms. The average Bonchev–Trinajstić information content (AvgIpc) is 3.15. The zero-order valence-corrected chi connectivity index (χ0v) is 24.0. The first-order chi connectivity index (χ1) is 16.4. The normalized spacial score (nSPS) is 23.2. The van der Waals surface area contributed by atoms with Crippen molar-refractivity contribution in [3.05, 3.63) is 0 Å². The first-order valence-corrected chi connectivity index (χ1v) is 17.3. The summed E-state index contributed by atoms with van der Waals surface area (Å²) in [7, 11) is 1.99. The second-order valence-corrected chi connectivity index (χ2v) is 14.2. The van der Waals surface area contributed by atoms with Gasteiger partial charge in [0.25, 0.3) is 0 Å². The van der Waals surface area contributed by atoms with E-state index in [4.69, 9.17) is 19.5 Å². The first kappa shape index (κ1) is 32.5. The van der Waals surface area contributed by atoms with Crippen LogP contribution in [0.4, 0.5) is 0 Å². The Morgan fingerprint density at radius 2 is 1.50 bits per heavy atom. The van der Waals surface area contributed by atoms with Gasteiger partial charge in [-0.3, -0.25) is 4.52 Å². The molecule has 0 bridgehead atoms. The minimum absolute atomic E-state index is 0.0676. The van der Waals surface area contributed by atoms with Gasteiger partial charge in [-0.1, -0.05) is 90.4 Å². The van der Waals surface area contributed by atoms with E-state index in [0.29, 0.717) is 6.61 Å². The van der Waals surface area contributed by atoms with Crippen LogP contribution in [0, 0.1) is 0 Å². The van der Waals surface area contributed by atoms with Crippen molar-refractivity contribution in [2.75, 3.05) is 19.5 Å². The molecule has 3 N–H and O–H groups in total. The second kappa shape index (κ2) is 20.5. The Labute approximate surface area is 214 Å². The van der Waals surface area contributed by atoms with E-state index in [1.54, 1.807) is 6.26 Å². The van der Waals surface area contributed by atoms with Gasteiger partial charge in [0.2, 0.25) is 0 Å². The number of ether oxygens (including phenoxy) is 1. The fourth-order valence-electron chi connectivity index (χ4n) is 4.48. The van der Waals surface area contributed by atoms with Gasteiger partial charge in [0.1, 0.15) is 7.85 Å². The lowest BCUT2D eigenvalue weighted by molar-refractivity contribution is 0.0415. The third-order valence-electron chi connectivity index (χ3n) is 6.68. The molecule has 0 aliphatic carbocycles. The number of unbranched alkanes of at least 4 members (excludes halogenated alkanes) is 12. The summed E-state index contributed by atoms with van der Waals surface area (Å²) in [5.41, 5.74) is 6.04. The lowest BCUT2D eigenvalue weighted by Crippen LogP contribution is -2.33. The van der Waals surface area contributed by atoms with Gasteiger partial charge in [0.15, 0.2) is 0 Å². The summed E-state index contributed by atoms with van der Waals surface area (Å²) in [6, 6.07) is 0.0583. The molecule has 0 aromatic heterocycles. The molecule has 0 aromatic rings. The number of hydrogen-bond acceptors (Lipinski definition) is 7. The van der Waals surface area contributed by atoms with Crippen molar-refractivity contribution in [2.24, 2.45) is 5.73 Å². The summed E-state index contributed by atoms with van der Waals surface area (Å²) in [5, 5.41) is 10.1. The first-order valence-electron chi connectivity index (χ1n) is 13.9. The molecular weight excluding hydrogens is 468 g/mol. The van der Waals surface area contributed by atoms with E-state index >= 15 is 0 Å². The minimum atomic E-state index is -3.13. The van der Waals surface area contributed by atoms with E-state index in [9.17, 15) is 9.67 Å². The van der Waals surface area contributed by atoms with Crippen LogP contribution in [0.25, 0.3) is 0 Å². The molecule has 3 unspecified atom stereocenters. The van der Waals surface area contributed by atoms with E-state index in [1.165, 1.54) is 70.6 Å². The number of rotatable bonds is 23. The lowest BCUT2D eigenvalue weighted by Gasteiger charge is -2.20. The van der Waals surface area contributed by atoms with Gasteiger partial charge in [-0.2, -0.15) is 0 Å². The van der Waals surface area contributed by atoms with Crippen molar-refractivity contribution in [1.82, 2.24) is 0 Å². The standard InChI is InChI=1S/C25H53BNO5PS/c1-3-4-5-11-14-17-22(28)18-15-12-9-7-6-8-10-13-16-19-30-33(29,34-2)31-21-24-23(27)20-25(26)32-24/h22-25,28H,3-21,26-27H2,1-2H3/t22?,23?,24-,25-,33?/m1/s1. The highest BCUT2D eigenvalue weighted by atomic mass is 32.7. The van der Waals surface area contributed by atoms with E-state index in [0.717, 1.165) is 49.9 Å². The number of nitrogens with two attached hydrogens (primary N) is 1. The van der Waals surface area contributed by atoms with Crippen LogP contribution in [0.1, 0.15) is 116 Å². The molecule has 0 amide bonds. The van der Waals surface area contributed by atoms with Crippen LogP contribution in [0.5, 0.6) is 0 Å². The van der Waals surface area contributed by atoms with Crippen molar-refractivity contribution in [3.8, 4) is 0 Å². The van der Waals surface area contributed by atoms with Crippen LogP contribution in [0.15, 0.2) is 0 Å². The van der Waals surface area contributed by atoms with E-state index in [-0.39, 0.29) is 30.9 Å². The van der Waals surface area contributed by atoms with Crippen LogP contribution in [-0.2, 0) is 18.3 Å². The van der Waals surface area contributed by atoms with Crippen molar-refractivity contribution in [3.63, 3.8) is 0 Å². The Morgan fingerprint density at radius 1 is 0.971 bits per heavy atom. The number of aliphatic hydroxyl groups is 1. The van der Waals surface area contributed by atoms with Crippen molar-refractivity contribution in [1.29, 1.82) is 0 Å². The second-order valence-electron chi connectivity index (χ2n) is 9.97. The molecule has 6 nitrogen and oxygen atoms in total. The zero-order valence-electron chi connectivity index (χ0n) is 22.3. The molecule has 0 spiro atoms. The fraction of sp³-hybridized carbons (Fsp3) is 1.00. The Bertz CT molecular complexity index is 534. The molecule has 9 heteroatoms. The summed E-state index contributed by atoms with van der Waals surface area (Å²) in [6.45, 7) is -0.207. The Morgan fingerprint density at radius 3 is 2.00 bits per heavy atom. The molecule has 1 saturated heterocycles. The van der Waals surface area contributed by atoms with Crippen molar-refractivity contribution < 1.29 is 23.5 Å². The van der Waals surface area contributed by atoms with Gasteiger partial charge in [-0.05, 0) is 43.3 Å². The predicted molar refractivity (Wildman–Crippen MR) is 148 cm³/mol. The van der Waals surface area contributed by atoms with Gasteiger partial charge in [0, 0.05) is 12.0 Å². The van der Waals surface area contributed by atoms with Gasteiger partial charge < -0.3 is 20.1 Å². The third kappa shape index (κ3) is 16.2. The number of aliphatic hydroxyl groups excluding tert-OH is 1. The molecule has 5 atom stereocenters. The predicted octanol–water partition coefficient (Wildman–Crippen LogP) is 6.19. The highest BCUT2D eigenvalue weighted by Gasteiger charge is 2.33. The molecule has 0 saturated carbocycles. The molecule has 1 aliphatic heterocycles. The molecule has 1 heterocycles. The topological polar surface area (TPSA) is 91.0 Å². The van der Waals surface area contributed by atoms with Crippen LogP contribution >= 0.6 is 18.2 Å². The van der Waals surface area contributed by atoms with E-state index in [1.807, 2.05) is 7.85 Å². The maximum atomic E-state index is 12.7. The molecule has 1 aliphatic rings. The molecule has 202 valence electrons. The summed E-state index contributed by atoms with van der Waals surface area (Å²) in [5.74, 6) is 0. The summed E-state index contributed by atoms with van der Waals surface area (Å²) < 4.78 is 29.6. The molecule has 0 radical (unpaired) electrons. The maximum absolute atomic E-state index is 12.7. The summed E-state index contributed by atoms with van der Waals surface area (Å²) in [4.78, 5) is 0. The maximum Gasteiger partial charge on any atom is 0.388 e. The van der Waals surface area contributed by atoms with Crippen LogP contribution in [0.3, 0.4) is 0 Å². The number of hydrogen-bond donors (Lipinski definition) is 2. The van der Waals surface area contributed by atoms with Crippen molar-refractivity contribution >= 4 is 26.0 Å². The third-order valence-corrected chi connectivity index (χ3v) is 10.1. The monoisotopic (exact) mass is 521 g/mol. The minimum Gasteiger partial charge on any atom is -0.393 e. The molecule has 1 fully saturated rings. The largest absolute Gasteiger partial charge is 0.393 e. The van der Waals surface area contributed by atoms with Crippen molar-refractivity contribution in [2.45, 2.75) is 140 Å². The van der Waals surface area contributed by atoms with Gasteiger partial charge >= 0.3 is 6.80 Å². The van der Waals surface area contributed by atoms with Crippen LogP contribution < -0.4 is 5.73 Å². The highest BCUT2D eigenvalue weighted by Crippen LogP contribution is 2.59. The Kier molecular flexibility index (Phi) is 19.6. The molecule has 1 rings (SSSR count). The average molecular weight is 522 g/mol. The van der Waals surface area contributed by atoms with Gasteiger partial charge in [0.05, 0.1) is 25.4 Å². The lowest BCUT2D eigenvalue weighted by atomic mass is 9.95. The quantitative estimate of drug-likeness (QED) is 0.0941. The zero-order chi connectivity index (χ0) is 25.1. The van der Waals surface area contributed by atoms with E-state index in [2.05, 4.69) is 6.92 Å². The fourth-order valence-corrected chi connectivity index (χ4v) is 6.49. The SMILES string of the molecule is B[C@H]1CC(N)[C@@H](COP(=O)(OCCCCCCCCCCCC(O)CCCCCCC)SC)O1. The van der Waals surface area contributed by atoms with Crippen LogP contribution in [-0.4, -0.2) is 56.7 Å². The Balaban J connectivity index is 1.90. The Hall–Kier alpha value is 0.445. The molecule has 0 aromatic carbocycles. The summed E-state index contributed by atoms with van der Waals surface area (Å²) in [6.07, 6.45) is 21.2. The summed E-state index contributed by atoms with van der Waals surface area (Å²) >= 11 is 1.15. The van der Waals surface area contributed by atoms with Crippen LogP contribution in [0.2, 0.25) is 0 Å². The molecular formula is C25H53BNO5PS. The van der Waals surface area contributed by atoms with E-state index < -0.39 is 6.80 Å². The van der Waals surface area contributed by atoms with Gasteiger partial charge in [-0.25, -0.2) is 4.57 Å². The van der Waals surface area contributed by atoms with Gasteiger partial charge in [-0.15, -0.1) is 0 Å². The smallest absolute Gasteiger partial charge is 0.388 e. The highest BCUT2D eigenvalue weighted by molar-refractivity contribution is 8.54.